The Morgan fingerprint density at radius 2 is 1.55 bits per heavy atom. The third-order valence-corrected chi connectivity index (χ3v) is 4.40. The summed E-state index contributed by atoms with van der Waals surface area (Å²) < 4.78 is 0. The van der Waals surface area contributed by atoms with E-state index in [2.05, 4.69) is 0 Å². The van der Waals surface area contributed by atoms with Crippen molar-refractivity contribution < 1.29 is 4.79 Å². The maximum atomic E-state index is 12.0. The maximum Gasteiger partial charge on any atom is 0.232 e. The molecular weight excluding hydrogens is 315 g/mol. The molecule has 2 aromatic rings. The fourth-order valence-electron chi connectivity index (χ4n) is 2.29. The van der Waals surface area contributed by atoms with E-state index < -0.39 is 10.7 Å². The second kappa shape index (κ2) is 6.17. The Morgan fingerprint density at radius 3 is 2.05 bits per heavy atom. The highest BCUT2D eigenvalue weighted by Gasteiger charge is 2.37. The molecule has 0 saturated heterocycles. The molecule has 20 heavy (non-hydrogen) atoms. The van der Waals surface area contributed by atoms with Crippen LogP contribution in [0.2, 0.25) is 10.0 Å². The van der Waals surface area contributed by atoms with Gasteiger partial charge in [-0.3, -0.25) is 4.79 Å². The average Bonchev–Trinajstić information content (AvgIpc) is 2.39. The monoisotopic (exact) mass is 326 g/mol. The van der Waals surface area contributed by atoms with Crippen LogP contribution in [0.25, 0.3) is 0 Å². The minimum absolute atomic E-state index is 0.444. The highest BCUT2D eigenvalue weighted by Crippen LogP contribution is 2.39. The normalized spacial score (nSPS) is 13.8. The number of hydrogen-bond donors (Lipinski definition) is 0. The van der Waals surface area contributed by atoms with Crippen LogP contribution in [0.3, 0.4) is 0 Å². The highest BCUT2D eigenvalue weighted by atomic mass is 35.5. The zero-order chi connectivity index (χ0) is 14.8. The number of benzene rings is 2. The van der Waals surface area contributed by atoms with Gasteiger partial charge in [0.25, 0.3) is 0 Å². The van der Waals surface area contributed by atoms with Gasteiger partial charge in [0.1, 0.15) is 0 Å². The first kappa shape index (κ1) is 15.4. The molecule has 4 heteroatoms. The molecule has 0 radical (unpaired) electrons. The van der Waals surface area contributed by atoms with Gasteiger partial charge in [-0.15, -0.1) is 0 Å². The number of rotatable bonds is 4. The number of carbonyl (C=O) groups excluding carboxylic acids is 1. The molecule has 0 aliphatic heterocycles. The molecule has 104 valence electrons. The molecule has 0 fully saturated rings. The largest absolute Gasteiger partial charge is 0.280 e. The van der Waals surface area contributed by atoms with Crippen LogP contribution in [-0.4, -0.2) is 5.24 Å². The van der Waals surface area contributed by atoms with Crippen molar-refractivity contribution in [2.75, 3.05) is 0 Å². The van der Waals surface area contributed by atoms with Crippen molar-refractivity contribution in [1.82, 2.24) is 0 Å². The van der Waals surface area contributed by atoms with Gasteiger partial charge in [0, 0.05) is 15.6 Å². The zero-order valence-corrected chi connectivity index (χ0v) is 13.1. The molecule has 0 saturated carbocycles. The second-order valence-electron chi connectivity index (χ2n) is 4.86. The Hall–Kier alpha value is -1.02. The molecule has 1 atom stereocenters. The molecule has 0 N–H and O–H groups in total. The molecule has 2 aromatic carbocycles. The van der Waals surface area contributed by atoms with Crippen molar-refractivity contribution in [1.29, 1.82) is 0 Å². The van der Waals surface area contributed by atoms with Gasteiger partial charge in [-0.1, -0.05) is 59.6 Å². The summed E-state index contributed by atoms with van der Waals surface area (Å²) in [6.07, 6.45) is 0.444. The lowest BCUT2D eigenvalue weighted by atomic mass is 9.78. The molecule has 0 bridgehead atoms. The van der Waals surface area contributed by atoms with E-state index in [-0.39, 0.29) is 0 Å². The van der Waals surface area contributed by atoms with E-state index in [1.807, 2.05) is 30.3 Å². The predicted molar refractivity (Wildman–Crippen MR) is 84.8 cm³/mol. The summed E-state index contributed by atoms with van der Waals surface area (Å²) in [7, 11) is 0. The van der Waals surface area contributed by atoms with Crippen LogP contribution in [0.15, 0.2) is 48.5 Å². The third kappa shape index (κ3) is 3.01. The van der Waals surface area contributed by atoms with Crippen molar-refractivity contribution in [3.05, 3.63) is 69.7 Å². The van der Waals surface area contributed by atoms with Gasteiger partial charge in [-0.05, 0) is 42.6 Å². The van der Waals surface area contributed by atoms with Gasteiger partial charge in [0.05, 0.1) is 5.41 Å². The standard InChI is InChI=1S/C16H13Cl3O/c1-16(15(19)20,10-11-6-3-2-4-7-11)14-12(17)8-5-9-13(14)18/h2-9H,10H2,1H3. The summed E-state index contributed by atoms with van der Waals surface area (Å²) in [5.41, 5.74) is 0.616. The Balaban J connectivity index is 2.53. The first-order chi connectivity index (χ1) is 9.45. The minimum Gasteiger partial charge on any atom is -0.280 e. The summed E-state index contributed by atoms with van der Waals surface area (Å²) >= 11 is 18.3. The first-order valence-corrected chi connectivity index (χ1v) is 7.27. The number of halogens is 3. The van der Waals surface area contributed by atoms with E-state index in [0.29, 0.717) is 22.0 Å². The van der Waals surface area contributed by atoms with E-state index >= 15 is 0 Å². The summed E-state index contributed by atoms with van der Waals surface area (Å²) in [5.74, 6) is 0. The molecule has 0 aromatic heterocycles. The Labute approximate surface area is 133 Å². The molecule has 0 aliphatic rings. The highest BCUT2D eigenvalue weighted by molar-refractivity contribution is 6.65. The average molecular weight is 328 g/mol. The Kier molecular flexibility index (Phi) is 4.74. The van der Waals surface area contributed by atoms with Crippen LogP contribution >= 0.6 is 34.8 Å². The van der Waals surface area contributed by atoms with Gasteiger partial charge < -0.3 is 0 Å². The lowest BCUT2D eigenvalue weighted by Gasteiger charge is -2.28. The van der Waals surface area contributed by atoms with Crippen molar-refractivity contribution >= 4 is 40.0 Å². The van der Waals surface area contributed by atoms with Crippen LogP contribution in [0.4, 0.5) is 0 Å². The minimum atomic E-state index is -0.960. The Morgan fingerprint density at radius 1 is 1.00 bits per heavy atom. The van der Waals surface area contributed by atoms with Gasteiger partial charge in [0.2, 0.25) is 5.24 Å². The summed E-state index contributed by atoms with van der Waals surface area (Å²) in [4.78, 5) is 12.0. The smallest absolute Gasteiger partial charge is 0.232 e. The molecule has 0 aliphatic carbocycles. The fraction of sp³-hybridized carbons (Fsp3) is 0.188. The van der Waals surface area contributed by atoms with Crippen molar-refractivity contribution in [2.24, 2.45) is 0 Å². The molecular formula is C16H13Cl3O. The van der Waals surface area contributed by atoms with Gasteiger partial charge >= 0.3 is 0 Å². The van der Waals surface area contributed by atoms with Crippen molar-refractivity contribution in [2.45, 2.75) is 18.8 Å². The summed E-state index contributed by atoms with van der Waals surface area (Å²) in [5, 5.41) is 0.422. The SMILES string of the molecule is CC(Cc1ccccc1)(C(=O)Cl)c1c(Cl)cccc1Cl. The zero-order valence-electron chi connectivity index (χ0n) is 10.9. The van der Waals surface area contributed by atoms with Crippen LogP contribution in [0.1, 0.15) is 18.1 Å². The molecule has 0 amide bonds. The third-order valence-electron chi connectivity index (χ3n) is 3.35. The van der Waals surface area contributed by atoms with Crippen molar-refractivity contribution in [3.8, 4) is 0 Å². The maximum absolute atomic E-state index is 12.0. The fourth-order valence-corrected chi connectivity index (χ4v) is 3.26. The molecule has 0 spiro atoms. The van der Waals surface area contributed by atoms with Crippen molar-refractivity contribution in [3.63, 3.8) is 0 Å². The first-order valence-electron chi connectivity index (χ1n) is 6.13. The van der Waals surface area contributed by atoms with Gasteiger partial charge in [-0.2, -0.15) is 0 Å². The lowest BCUT2D eigenvalue weighted by molar-refractivity contribution is -0.116. The van der Waals surface area contributed by atoms with Gasteiger partial charge in [0.15, 0.2) is 0 Å². The van der Waals surface area contributed by atoms with Crippen LogP contribution in [0, 0.1) is 0 Å². The van der Waals surface area contributed by atoms with Crippen LogP contribution < -0.4 is 0 Å². The number of carbonyl (C=O) groups is 1. The Bertz CT molecular complexity index is 605. The van der Waals surface area contributed by atoms with E-state index in [9.17, 15) is 4.79 Å². The van der Waals surface area contributed by atoms with E-state index in [1.54, 1.807) is 25.1 Å². The van der Waals surface area contributed by atoms with Crippen LogP contribution in [-0.2, 0) is 16.6 Å². The lowest BCUT2D eigenvalue weighted by Crippen LogP contribution is -2.32. The van der Waals surface area contributed by atoms with Crippen LogP contribution in [0.5, 0.6) is 0 Å². The van der Waals surface area contributed by atoms with E-state index in [4.69, 9.17) is 34.8 Å². The molecule has 1 unspecified atom stereocenters. The van der Waals surface area contributed by atoms with E-state index in [0.717, 1.165) is 5.56 Å². The van der Waals surface area contributed by atoms with E-state index in [1.165, 1.54) is 0 Å². The molecule has 2 rings (SSSR count). The molecule has 1 nitrogen and oxygen atoms in total. The summed E-state index contributed by atoms with van der Waals surface area (Å²) in [6, 6.07) is 14.8. The quantitative estimate of drug-likeness (QED) is 0.700. The number of hydrogen-bond acceptors (Lipinski definition) is 1. The van der Waals surface area contributed by atoms with Gasteiger partial charge in [-0.25, -0.2) is 0 Å². The second-order valence-corrected chi connectivity index (χ2v) is 6.02. The summed E-state index contributed by atoms with van der Waals surface area (Å²) in [6.45, 7) is 1.77. The topological polar surface area (TPSA) is 17.1 Å². The molecule has 0 heterocycles. The predicted octanol–water partition coefficient (Wildman–Crippen LogP) is 5.26.